The maximum atomic E-state index is 13.6. The van der Waals surface area contributed by atoms with Crippen LogP contribution in [0.1, 0.15) is 76.7 Å². The Hall–Kier alpha value is -4.71. The number of carboxylic acid groups (broad SMARTS) is 1. The first-order valence-electron chi connectivity index (χ1n) is 14.7. The Morgan fingerprint density at radius 3 is 2.18 bits per heavy atom. The number of carbonyl (C=O) groups excluding carboxylic acids is 3. The maximum absolute atomic E-state index is 13.6. The molecule has 3 saturated carbocycles. The Morgan fingerprint density at radius 2 is 1.59 bits per heavy atom. The third-order valence-electron chi connectivity index (χ3n) is 9.27. The smallest absolute Gasteiger partial charge is 0.319 e. The molecule has 1 atom stereocenters. The summed E-state index contributed by atoms with van der Waals surface area (Å²) in [5.41, 5.74) is 1.42. The highest BCUT2D eigenvalue weighted by Gasteiger charge is 2.72. The molecule has 4 aliphatic rings. The van der Waals surface area contributed by atoms with E-state index in [1.54, 1.807) is 29.2 Å². The normalized spacial score (nSPS) is 23.2. The highest BCUT2D eigenvalue weighted by Crippen LogP contribution is 2.67. The number of anilines is 1. The van der Waals surface area contributed by atoms with Crippen LogP contribution in [0.4, 0.5) is 10.6 Å². The summed E-state index contributed by atoms with van der Waals surface area (Å²) in [4.78, 5) is 54.6. The second-order valence-electron chi connectivity index (χ2n) is 13.1. The number of amides is 4. The van der Waals surface area contributed by atoms with Gasteiger partial charge in [0.2, 0.25) is 0 Å². The number of nitrogens with one attached hydrogen (secondary N) is 4. The van der Waals surface area contributed by atoms with Crippen LogP contribution < -0.4 is 16.0 Å². The van der Waals surface area contributed by atoms with Gasteiger partial charge in [0.15, 0.2) is 5.82 Å². The molecule has 230 valence electrons. The molecule has 0 saturated heterocycles. The number of nitrogens with zero attached hydrogens (tertiary/aromatic N) is 3. The van der Waals surface area contributed by atoms with Gasteiger partial charge >= 0.3 is 12.0 Å². The van der Waals surface area contributed by atoms with Crippen molar-refractivity contribution in [3.63, 3.8) is 0 Å². The minimum Gasteiger partial charge on any atom is -0.481 e. The summed E-state index contributed by atoms with van der Waals surface area (Å²) in [5, 5.41) is 25.7. The molecule has 12 heteroatoms. The van der Waals surface area contributed by atoms with Gasteiger partial charge in [0, 0.05) is 28.8 Å². The van der Waals surface area contributed by atoms with Crippen molar-refractivity contribution >= 4 is 29.6 Å². The molecular weight excluding hydrogens is 562 g/mol. The zero-order valence-electron chi connectivity index (χ0n) is 25.2. The first-order chi connectivity index (χ1) is 20.8. The Morgan fingerprint density at radius 1 is 0.977 bits per heavy atom. The summed E-state index contributed by atoms with van der Waals surface area (Å²) in [6.07, 6.45) is 1.36. The summed E-state index contributed by atoms with van der Waals surface area (Å²) in [7, 11) is 3.93. The van der Waals surface area contributed by atoms with Gasteiger partial charge in [-0.2, -0.15) is 5.10 Å². The summed E-state index contributed by atoms with van der Waals surface area (Å²) >= 11 is 0. The molecule has 2 aromatic carbocycles. The lowest BCUT2D eigenvalue weighted by atomic mass is 9.39. The van der Waals surface area contributed by atoms with Crippen molar-refractivity contribution in [3.05, 3.63) is 82.5 Å². The quantitative estimate of drug-likeness (QED) is 0.252. The Kier molecular flexibility index (Phi) is 6.99. The van der Waals surface area contributed by atoms with Crippen LogP contribution in [-0.4, -0.2) is 75.1 Å². The van der Waals surface area contributed by atoms with E-state index in [4.69, 9.17) is 0 Å². The molecule has 1 aliphatic heterocycles. The molecular formula is C32H37N7O5. The third-order valence-corrected chi connectivity index (χ3v) is 9.27. The van der Waals surface area contributed by atoms with Crippen LogP contribution in [0.2, 0.25) is 0 Å². The predicted molar refractivity (Wildman–Crippen MR) is 162 cm³/mol. The number of aromatic nitrogens is 2. The zero-order valence-corrected chi connectivity index (χ0v) is 25.2. The van der Waals surface area contributed by atoms with Gasteiger partial charge in [-0.3, -0.25) is 19.5 Å². The summed E-state index contributed by atoms with van der Waals surface area (Å²) in [5.74, 6) is -1.15. The second kappa shape index (κ2) is 10.5. The van der Waals surface area contributed by atoms with Crippen LogP contribution in [0, 0.1) is 5.41 Å². The lowest BCUT2D eigenvalue weighted by Gasteiger charge is -2.67. The molecule has 2 heterocycles. The summed E-state index contributed by atoms with van der Waals surface area (Å²) in [6, 6.07) is 15.7. The number of rotatable bonds is 9. The second-order valence-corrected chi connectivity index (χ2v) is 13.1. The summed E-state index contributed by atoms with van der Waals surface area (Å²) < 4.78 is 0. The predicted octanol–water partition coefficient (Wildman–Crippen LogP) is 3.46. The standard InChI is InChI=1S/C32H37N7O5/c1-30(2)24-22(14-39(30)29(44)33-23(15-38(3)4)19-8-6-5-7-9-19)25(37-36-24)34-26(40)20-10-12-21(13-11-20)27(41)35-32-16-31(17-32,18-32)28(42)43/h5-13,23H,14-18H2,1-4H3,(H,33,44)(H,35,41)(H,42,43)(H2,34,36,37,40)/t23-,31?,32?/m1/s1. The fourth-order valence-corrected chi connectivity index (χ4v) is 6.87. The first kappa shape index (κ1) is 29.4. The van der Waals surface area contributed by atoms with Crippen LogP contribution >= 0.6 is 0 Å². The van der Waals surface area contributed by atoms with Crippen LogP contribution in [0.3, 0.4) is 0 Å². The highest BCUT2D eigenvalue weighted by atomic mass is 16.4. The molecule has 7 rings (SSSR count). The lowest BCUT2D eigenvalue weighted by molar-refractivity contribution is -0.196. The van der Waals surface area contributed by atoms with Gasteiger partial charge in [0.05, 0.1) is 29.2 Å². The molecule has 3 aliphatic carbocycles. The number of fused-ring (bicyclic) bond motifs is 1. The number of hydrogen-bond donors (Lipinski definition) is 5. The van der Waals surface area contributed by atoms with Crippen molar-refractivity contribution in [1.29, 1.82) is 0 Å². The van der Waals surface area contributed by atoms with Crippen molar-refractivity contribution in [2.75, 3.05) is 26.0 Å². The molecule has 0 spiro atoms. The van der Waals surface area contributed by atoms with E-state index in [1.807, 2.05) is 63.2 Å². The van der Waals surface area contributed by atoms with Gasteiger partial charge < -0.3 is 30.9 Å². The minimum absolute atomic E-state index is 0.212. The first-order valence-corrected chi connectivity index (χ1v) is 14.7. The average Bonchev–Trinajstić information content (AvgIpc) is 3.46. The number of aliphatic carboxylic acids is 1. The van der Waals surface area contributed by atoms with E-state index in [2.05, 4.69) is 26.1 Å². The number of H-pyrrole nitrogens is 1. The Labute approximate surface area is 255 Å². The topological polar surface area (TPSA) is 160 Å². The minimum atomic E-state index is -0.803. The number of aromatic amines is 1. The molecule has 3 fully saturated rings. The van der Waals surface area contributed by atoms with Crippen molar-refractivity contribution in [1.82, 2.24) is 30.6 Å². The number of carboxylic acids is 1. The molecule has 0 radical (unpaired) electrons. The van der Waals surface area contributed by atoms with Gasteiger partial charge in [-0.1, -0.05) is 30.3 Å². The lowest BCUT2D eigenvalue weighted by Crippen LogP contribution is -2.77. The van der Waals surface area contributed by atoms with Gasteiger partial charge in [0.25, 0.3) is 11.8 Å². The highest BCUT2D eigenvalue weighted by molar-refractivity contribution is 6.05. The van der Waals surface area contributed by atoms with E-state index in [-0.39, 0.29) is 24.5 Å². The molecule has 1 aromatic heterocycles. The maximum Gasteiger partial charge on any atom is 0.319 e. The molecule has 12 nitrogen and oxygen atoms in total. The van der Waals surface area contributed by atoms with E-state index < -0.39 is 28.4 Å². The molecule has 2 bridgehead atoms. The molecule has 0 unspecified atom stereocenters. The molecule has 5 N–H and O–H groups in total. The number of benzene rings is 2. The number of likely N-dealkylation sites (N-methyl/N-ethyl adjacent to an activating group) is 1. The van der Waals surface area contributed by atoms with Gasteiger partial charge in [-0.25, -0.2) is 4.79 Å². The monoisotopic (exact) mass is 599 g/mol. The average molecular weight is 600 g/mol. The Balaban J connectivity index is 1.10. The van der Waals surface area contributed by atoms with Gasteiger partial charge in [-0.05, 0) is 77.0 Å². The number of hydrogen-bond acceptors (Lipinski definition) is 6. The number of carbonyl (C=O) groups is 4. The van der Waals surface area contributed by atoms with Gasteiger partial charge in [0.1, 0.15) is 0 Å². The number of urea groups is 1. The van der Waals surface area contributed by atoms with Crippen LogP contribution in [0.5, 0.6) is 0 Å². The molecule has 4 amide bonds. The SMILES string of the molecule is CN(C)C[C@@H](NC(=O)N1Cc2c(NC(=O)c3ccc(C(=O)NC45CC(C(=O)O)(C4)C5)cc3)n[nH]c2C1(C)C)c1ccccc1. The van der Waals surface area contributed by atoms with Crippen LogP contribution in [-0.2, 0) is 16.9 Å². The third kappa shape index (κ3) is 4.98. The largest absolute Gasteiger partial charge is 0.481 e. The van der Waals surface area contributed by atoms with Crippen molar-refractivity contribution < 1.29 is 24.3 Å². The van der Waals surface area contributed by atoms with E-state index in [1.165, 1.54) is 0 Å². The van der Waals surface area contributed by atoms with Gasteiger partial charge in [-0.15, -0.1) is 0 Å². The van der Waals surface area contributed by atoms with Crippen LogP contribution in [0.15, 0.2) is 54.6 Å². The zero-order chi connectivity index (χ0) is 31.4. The van der Waals surface area contributed by atoms with Crippen molar-refractivity contribution in [2.45, 2.75) is 56.8 Å². The van der Waals surface area contributed by atoms with E-state index >= 15 is 0 Å². The summed E-state index contributed by atoms with van der Waals surface area (Å²) in [6.45, 7) is 4.76. The fourth-order valence-electron chi connectivity index (χ4n) is 6.87. The van der Waals surface area contributed by atoms with E-state index in [9.17, 15) is 24.3 Å². The van der Waals surface area contributed by atoms with E-state index in [0.29, 0.717) is 42.8 Å². The van der Waals surface area contributed by atoms with E-state index in [0.717, 1.165) is 16.8 Å². The van der Waals surface area contributed by atoms with Crippen molar-refractivity contribution in [3.8, 4) is 0 Å². The molecule has 3 aromatic rings. The fraction of sp³-hybridized carbons (Fsp3) is 0.406. The Bertz CT molecular complexity index is 1610. The van der Waals surface area contributed by atoms with Crippen LogP contribution in [0.25, 0.3) is 0 Å². The van der Waals surface area contributed by atoms with Crippen molar-refractivity contribution in [2.24, 2.45) is 5.41 Å². The molecule has 44 heavy (non-hydrogen) atoms.